The van der Waals surface area contributed by atoms with E-state index in [0.29, 0.717) is 30.0 Å². The summed E-state index contributed by atoms with van der Waals surface area (Å²) in [6.07, 6.45) is 3.25. The van der Waals surface area contributed by atoms with Gasteiger partial charge in [0.15, 0.2) is 0 Å². The number of aromatic nitrogens is 1. The molecule has 1 aromatic carbocycles. The molecule has 166 valence electrons. The lowest BCUT2D eigenvalue weighted by atomic mass is 9.82. The molecule has 2 aromatic rings. The average Bonchev–Trinajstić information content (AvgIpc) is 2.77. The third-order valence-corrected chi connectivity index (χ3v) is 8.05. The first kappa shape index (κ1) is 20.7. The number of likely N-dealkylation sites (tertiary alicyclic amines) is 1. The zero-order valence-electron chi connectivity index (χ0n) is 17.6. The van der Waals surface area contributed by atoms with Crippen LogP contribution in [0.4, 0.5) is 5.69 Å². The van der Waals surface area contributed by atoms with Crippen LogP contribution in [0.2, 0.25) is 0 Å². The van der Waals surface area contributed by atoms with E-state index in [4.69, 9.17) is 4.74 Å². The summed E-state index contributed by atoms with van der Waals surface area (Å²) in [5.41, 5.74) is 1.63. The Balaban J connectivity index is 1.35. The second kappa shape index (κ2) is 8.41. The lowest BCUT2D eigenvalue weighted by molar-refractivity contribution is 0.00589. The summed E-state index contributed by atoms with van der Waals surface area (Å²) in [7, 11) is -3.66. The van der Waals surface area contributed by atoms with Gasteiger partial charge in [0.05, 0.1) is 5.75 Å². The monoisotopic (exact) mass is 443 g/mol. The van der Waals surface area contributed by atoms with Crippen LogP contribution in [0.15, 0.2) is 47.3 Å². The van der Waals surface area contributed by atoms with Gasteiger partial charge in [-0.3, -0.25) is 14.4 Å². The summed E-state index contributed by atoms with van der Waals surface area (Å²) in [6, 6.07) is 13.2. The first-order chi connectivity index (χ1) is 15.0. The highest BCUT2D eigenvalue weighted by molar-refractivity contribution is 7.91. The van der Waals surface area contributed by atoms with Crippen molar-refractivity contribution < 1.29 is 13.2 Å². The van der Waals surface area contributed by atoms with Crippen molar-refractivity contribution in [2.24, 2.45) is 5.92 Å². The molecule has 8 heteroatoms. The maximum Gasteiger partial charge on any atom is 0.275 e. The average molecular weight is 444 g/mol. The van der Waals surface area contributed by atoms with Crippen molar-refractivity contribution >= 4 is 15.7 Å². The fourth-order valence-electron chi connectivity index (χ4n) is 5.41. The molecule has 0 amide bonds. The number of sulfonamides is 1. The molecule has 31 heavy (non-hydrogen) atoms. The van der Waals surface area contributed by atoms with Crippen LogP contribution < -0.4 is 10.3 Å². The Morgan fingerprint density at radius 2 is 1.77 bits per heavy atom. The van der Waals surface area contributed by atoms with Crippen LogP contribution in [-0.4, -0.2) is 50.2 Å². The van der Waals surface area contributed by atoms with Crippen molar-refractivity contribution in [2.45, 2.75) is 43.5 Å². The van der Waals surface area contributed by atoms with Gasteiger partial charge in [0.2, 0.25) is 10.0 Å². The molecule has 2 fully saturated rings. The summed E-state index contributed by atoms with van der Waals surface area (Å²) in [4.78, 5) is 15.8. The summed E-state index contributed by atoms with van der Waals surface area (Å²) in [5.74, 6) is 0.585. The van der Waals surface area contributed by atoms with Crippen LogP contribution in [0.3, 0.4) is 0 Å². The van der Waals surface area contributed by atoms with E-state index >= 15 is 0 Å². The molecule has 1 N–H and O–H groups in total. The molecule has 1 aromatic heterocycles. The molecule has 0 saturated carbocycles. The Morgan fingerprint density at radius 3 is 2.55 bits per heavy atom. The number of nitrogens with one attached hydrogen (secondary N) is 1. The summed E-state index contributed by atoms with van der Waals surface area (Å²) in [6.45, 7) is 4.27. The molecule has 0 spiro atoms. The van der Waals surface area contributed by atoms with Gasteiger partial charge in [0.1, 0.15) is 5.69 Å². The van der Waals surface area contributed by atoms with E-state index in [1.54, 1.807) is 34.9 Å². The van der Waals surface area contributed by atoms with Crippen LogP contribution in [0, 0.1) is 5.92 Å². The fourth-order valence-corrected chi connectivity index (χ4v) is 6.60. The Labute approximate surface area is 183 Å². The molecule has 7 nitrogen and oxygen atoms in total. The standard InChI is InChI=1S/C23H29N3O4S/c27-23-21(24-31(28,29)16-17-4-2-1-3-5-17)6-7-22-19-12-18(14-26(22)23)13-25(15-19)20-8-10-30-11-9-20/h1-7,18-20,24H,8-16H2. The second-order valence-corrected chi connectivity index (χ2v) is 10.8. The smallest absolute Gasteiger partial charge is 0.275 e. The van der Waals surface area contributed by atoms with Gasteiger partial charge < -0.3 is 9.30 Å². The molecule has 3 aliphatic rings. The third-order valence-electron chi connectivity index (χ3n) is 6.80. The predicted octanol–water partition coefficient (Wildman–Crippen LogP) is 2.39. The van der Waals surface area contributed by atoms with Crippen LogP contribution in [0.5, 0.6) is 0 Å². The number of benzene rings is 1. The SMILES string of the molecule is O=c1c(NS(=O)(=O)Cc2ccccc2)ccc2n1CC1CC2CN(C2CCOCC2)C1. The molecule has 4 heterocycles. The lowest BCUT2D eigenvalue weighted by Gasteiger charge is -2.46. The largest absolute Gasteiger partial charge is 0.381 e. The minimum atomic E-state index is -3.66. The zero-order chi connectivity index (χ0) is 21.4. The summed E-state index contributed by atoms with van der Waals surface area (Å²) < 4.78 is 35.1. The Bertz CT molecular complexity index is 1090. The number of rotatable bonds is 5. The van der Waals surface area contributed by atoms with E-state index in [9.17, 15) is 13.2 Å². The van der Waals surface area contributed by atoms with Gasteiger partial charge in [-0.1, -0.05) is 30.3 Å². The molecule has 2 bridgehead atoms. The summed E-state index contributed by atoms with van der Waals surface area (Å²) in [5, 5.41) is 0. The van der Waals surface area contributed by atoms with Crippen LogP contribution in [-0.2, 0) is 27.1 Å². The molecular formula is C23H29N3O4S. The van der Waals surface area contributed by atoms with E-state index in [1.165, 1.54) is 0 Å². The van der Waals surface area contributed by atoms with E-state index in [1.807, 2.05) is 12.1 Å². The van der Waals surface area contributed by atoms with Crippen molar-refractivity contribution in [1.82, 2.24) is 9.47 Å². The molecule has 2 unspecified atom stereocenters. The summed E-state index contributed by atoms with van der Waals surface area (Å²) >= 11 is 0. The number of piperidine rings is 1. The third kappa shape index (κ3) is 4.42. The molecule has 0 radical (unpaired) electrons. The first-order valence-corrected chi connectivity index (χ1v) is 12.7. The van der Waals surface area contributed by atoms with Gasteiger partial charge in [-0.15, -0.1) is 0 Å². The van der Waals surface area contributed by atoms with Gasteiger partial charge in [0, 0.05) is 50.5 Å². The number of pyridine rings is 1. The minimum Gasteiger partial charge on any atom is -0.381 e. The van der Waals surface area contributed by atoms with E-state index in [2.05, 4.69) is 9.62 Å². The molecule has 3 aliphatic heterocycles. The van der Waals surface area contributed by atoms with Gasteiger partial charge in [-0.25, -0.2) is 8.42 Å². The van der Waals surface area contributed by atoms with Gasteiger partial charge in [-0.2, -0.15) is 0 Å². The van der Waals surface area contributed by atoms with Crippen molar-refractivity contribution in [3.63, 3.8) is 0 Å². The molecular weight excluding hydrogens is 414 g/mol. The first-order valence-electron chi connectivity index (χ1n) is 11.1. The van der Waals surface area contributed by atoms with Crippen LogP contribution in [0.25, 0.3) is 0 Å². The highest BCUT2D eigenvalue weighted by Gasteiger charge is 2.37. The Morgan fingerprint density at radius 1 is 1.00 bits per heavy atom. The van der Waals surface area contributed by atoms with Crippen LogP contribution >= 0.6 is 0 Å². The maximum atomic E-state index is 13.2. The molecule has 2 saturated heterocycles. The van der Waals surface area contributed by atoms with Crippen molar-refractivity contribution in [2.75, 3.05) is 31.0 Å². The second-order valence-electron chi connectivity index (χ2n) is 9.03. The number of hydrogen-bond acceptors (Lipinski definition) is 5. The highest BCUT2D eigenvalue weighted by atomic mass is 32.2. The number of nitrogens with zero attached hydrogens (tertiary/aromatic N) is 2. The lowest BCUT2D eigenvalue weighted by Crippen LogP contribution is -2.51. The minimum absolute atomic E-state index is 0.140. The Kier molecular flexibility index (Phi) is 5.62. The maximum absolute atomic E-state index is 13.2. The topological polar surface area (TPSA) is 80.6 Å². The molecule has 5 rings (SSSR count). The van der Waals surface area contributed by atoms with E-state index < -0.39 is 10.0 Å². The highest BCUT2D eigenvalue weighted by Crippen LogP contribution is 2.37. The van der Waals surface area contributed by atoms with Crippen molar-refractivity contribution in [3.05, 3.63) is 64.1 Å². The van der Waals surface area contributed by atoms with Gasteiger partial charge in [-0.05, 0) is 42.9 Å². The number of hydrogen-bond donors (Lipinski definition) is 1. The normalized spacial score (nSPS) is 24.5. The van der Waals surface area contributed by atoms with E-state index in [0.717, 1.165) is 51.3 Å². The van der Waals surface area contributed by atoms with Crippen LogP contribution in [0.1, 0.15) is 36.4 Å². The zero-order valence-corrected chi connectivity index (χ0v) is 18.4. The molecule has 0 aliphatic carbocycles. The number of ether oxygens (including phenoxy) is 1. The van der Waals surface area contributed by atoms with Crippen molar-refractivity contribution in [3.8, 4) is 0 Å². The van der Waals surface area contributed by atoms with Gasteiger partial charge >= 0.3 is 0 Å². The quantitative estimate of drug-likeness (QED) is 0.768. The predicted molar refractivity (Wildman–Crippen MR) is 120 cm³/mol. The fraction of sp³-hybridized carbons (Fsp3) is 0.522. The number of anilines is 1. The number of fused-ring (bicyclic) bond motifs is 4. The van der Waals surface area contributed by atoms with Gasteiger partial charge in [0.25, 0.3) is 5.56 Å². The Hall–Kier alpha value is -2.16. The van der Waals surface area contributed by atoms with Crippen molar-refractivity contribution in [1.29, 1.82) is 0 Å². The van der Waals surface area contributed by atoms with E-state index in [-0.39, 0.29) is 17.0 Å². The molecule has 2 atom stereocenters.